The molecule has 6 heteroatoms. The van der Waals surface area contributed by atoms with Gasteiger partial charge in [-0.25, -0.2) is 4.98 Å². The predicted molar refractivity (Wildman–Crippen MR) is 84.2 cm³/mol. The van der Waals surface area contributed by atoms with Gasteiger partial charge in [0.1, 0.15) is 16.9 Å². The van der Waals surface area contributed by atoms with Gasteiger partial charge < -0.3 is 11.1 Å². The molecule has 0 radical (unpaired) electrons. The van der Waals surface area contributed by atoms with Crippen molar-refractivity contribution < 1.29 is 4.79 Å². The summed E-state index contributed by atoms with van der Waals surface area (Å²) in [7, 11) is 0. The fourth-order valence-corrected chi connectivity index (χ4v) is 2.43. The highest BCUT2D eigenvalue weighted by Crippen LogP contribution is 2.24. The smallest absolute Gasteiger partial charge is 0.259 e. The van der Waals surface area contributed by atoms with E-state index in [1.165, 1.54) is 17.8 Å². The van der Waals surface area contributed by atoms with E-state index in [9.17, 15) is 4.79 Å². The Hall–Kier alpha value is -2.52. The molecule has 0 unspecified atom stereocenters. The summed E-state index contributed by atoms with van der Waals surface area (Å²) in [4.78, 5) is 16.4. The molecule has 1 aromatic carbocycles. The first-order chi connectivity index (χ1) is 10.2. The molecule has 1 aromatic heterocycles. The van der Waals surface area contributed by atoms with Crippen molar-refractivity contribution in [1.29, 1.82) is 5.26 Å². The van der Waals surface area contributed by atoms with Gasteiger partial charge in [-0.2, -0.15) is 5.26 Å². The highest BCUT2D eigenvalue weighted by Gasteiger charge is 2.16. The van der Waals surface area contributed by atoms with Gasteiger partial charge in [-0.15, -0.1) is 11.8 Å². The van der Waals surface area contributed by atoms with Crippen LogP contribution in [0.2, 0.25) is 0 Å². The van der Waals surface area contributed by atoms with Crippen LogP contribution in [0.5, 0.6) is 0 Å². The summed E-state index contributed by atoms with van der Waals surface area (Å²) in [6.07, 6.45) is 0. The molecule has 0 saturated heterocycles. The van der Waals surface area contributed by atoms with E-state index >= 15 is 0 Å². The van der Waals surface area contributed by atoms with E-state index in [0.717, 1.165) is 5.75 Å². The van der Waals surface area contributed by atoms with E-state index in [2.05, 4.69) is 10.3 Å². The number of pyridine rings is 1. The van der Waals surface area contributed by atoms with Crippen molar-refractivity contribution in [2.24, 2.45) is 0 Å². The molecule has 21 heavy (non-hydrogen) atoms. The average Bonchev–Trinajstić information content (AvgIpc) is 2.48. The van der Waals surface area contributed by atoms with Crippen LogP contribution in [0.4, 0.5) is 11.5 Å². The molecule has 3 N–H and O–H groups in total. The number of hydrogen-bond acceptors (Lipinski definition) is 5. The minimum Gasteiger partial charge on any atom is -0.383 e. The molecule has 2 rings (SSSR count). The topological polar surface area (TPSA) is 91.8 Å². The summed E-state index contributed by atoms with van der Waals surface area (Å²) in [5.74, 6) is 0.519. The second-order valence-corrected chi connectivity index (χ2v) is 5.39. The van der Waals surface area contributed by atoms with E-state index in [4.69, 9.17) is 11.0 Å². The van der Waals surface area contributed by atoms with Gasteiger partial charge in [0.2, 0.25) is 0 Å². The van der Waals surface area contributed by atoms with Crippen molar-refractivity contribution in [1.82, 2.24) is 4.98 Å². The standard InChI is InChI=1S/C15H14N4OS/c1-2-21-15-10(9-16)8-12(13(17)19-15)14(20)18-11-6-4-3-5-7-11/h3-8H,2H2,1H3,(H2,17,19)(H,18,20). The number of benzene rings is 1. The number of nitriles is 1. The van der Waals surface area contributed by atoms with Gasteiger partial charge in [0.15, 0.2) is 0 Å². The van der Waals surface area contributed by atoms with E-state index in [0.29, 0.717) is 16.3 Å². The van der Waals surface area contributed by atoms with Crippen LogP contribution in [-0.4, -0.2) is 16.6 Å². The Morgan fingerprint density at radius 1 is 1.43 bits per heavy atom. The fourth-order valence-electron chi connectivity index (χ4n) is 1.74. The molecule has 0 atom stereocenters. The van der Waals surface area contributed by atoms with Crippen molar-refractivity contribution in [3.8, 4) is 6.07 Å². The summed E-state index contributed by atoms with van der Waals surface area (Å²) in [5, 5.41) is 12.4. The molecule has 2 aromatic rings. The zero-order valence-electron chi connectivity index (χ0n) is 11.5. The molecule has 106 valence electrons. The van der Waals surface area contributed by atoms with Crippen LogP contribution in [0.15, 0.2) is 41.4 Å². The largest absolute Gasteiger partial charge is 0.383 e. The first-order valence-corrected chi connectivity index (χ1v) is 7.34. The highest BCUT2D eigenvalue weighted by atomic mass is 32.2. The van der Waals surface area contributed by atoms with Gasteiger partial charge in [-0.05, 0) is 24.0 Å². The van der Waals surface area contributed by atoms with Crippen molar-refractivity contribution in [3.63, 3.8) is 0 Å². The number of hydrogen-bond donors (Lipinski definition) is 2. The van der Waals surface area contributed by atoms with Gasteiger partial charge in [-0.1, -0.05) is 25.1 Å². The van der Waals surface area contributed by atoms with E-state index in [1.807, 2.05) is 31.2 Å². The van der Waals surface area contributed by atoms with Gasteiger partial charge in [0.25, 0.3) is 5.91 Å². The monoisotopic (exact) mass is 298 g/mol. The lowest BCUT2D eigenvalue weighted by Gasteiger charge is -2.09. The Labute approximate surface area is 127 Å². The molecule has 0 spiro atoms. The van der Waals surface area contributed by atoms with E-state index < -0.39 is 0 Å². The second kappa shape index (κ2) is 6.77. The number of nitrogens with zero attached hydrogens (tertiary/aromatic N) is 2. The van der Waals surface area contributed by atoms with Crippen LogP contribution in [-0.2, 0) is 0 Å². The van der Waals surface area contributed by atoms with E-state index in [1.54, 1.807) is 12.1 Å². The highest BCUT2D eigenvalue weighted by molar-refractivity contribution is 7.99. The Kier molecular flexibility index (Phi) is 4.80. The van der Waals surface area contributed by atoms with Gasteiger partial charge in [-0.3, -0.25) is 4.79 Å². The van der Waals surface area contributed by atoms with Crippen LogP contribution in [0.1, 0.15) is 22.8 Å². The minimum atomic E-state index is -0.379. The molecule has 0 saturated carbocycles. The maximum atomic E-state index is 12.2. The molecule has 0 bridgehead atoms. The number of nitrogens with two attached hydrogens (primary N) is 1. The van der Waals surface area contributed by atoms with Crippen molar-refractivity contribution in [2.75, 3.05) is 16.8 Å². The third-order valence-corrected chi connectivity index (χ3v) is 3.57. The first-order valence-electron chi connectivity index (χ1n) is 6.35. The Balaban J connectivity index is 2.31. The van der Waals surface area contributed by atoms with Crippen LogP contribution >= 0.6 is 11.8 Å². The minimum absolute atomic E-state index is 0.124. The summed E-state index contributed by atoms with van der Waals surface area (Å²) in [6, 6.07) is 12.6. The van der Waals surface area contributed by atoms with Gasteiger partial charge >= 0.3 is 0 Å². The quantitative estimate of drug-likeness (QED) is 0.847. The first kappa shape index (κ1) is 14.9. The summed E-state index contributed by atoms with van der Waals surface area (Å²) >= 11 is 1.42. The fraction of sp³-hybridized carbons (Fsp3) is 0.133. The van der Waals surface area contributed by atoms with Crippen molar-refractivity contribution >= 4 is 29.2 Å². The van der Waals surface area contributed by atoms with Crippen LogP contribution in [0.3, 0.4) is 0 Å². The Morgan fingerprint density at radius 3 is 2.76 bits per heavy atom. The number of thioether (sulfide) groups is 1. The molecule has 1 heterocycles. The number of carbonyl (C=O) groups is 1. The lowest BCUT2D eigenvalue weighted by molar-refractivity contribution is 0.102. The lowest BCUT2D eigenvalue weighted by atomic mass is 10.2. The zero-order chi connectivity index (χ0) is 15.2. The molecule has 0 aliphatic rings. The number of aromatic nitrogens is 1. The molecule has 0 aliphatic heterocycles. The molecule has 1 amide bonds. The average molecular weight is 298 g/mol. The summed E-state index contributed by atoms with van der Waals surface area (Å²) in [6.45, 7) is 1.96. The molecule has 0 aliphatic carbocycles. The Morgan fingerprint density at radius 2 is 2.14 bits per heavy atom. The van der Waals surface area contributed by atoms with Gasteiger partial charge in [0.05, 0.1) is 11.1 Å². The number of nitrogen functional groups attached to an aromatic ring is 1. The lowest BCUT2D eigenvalue weighted by Crippen LogP contribution is -2.15. The van der Waals surface area contributed by atoms with E-state index in [-0.39, 0.29) is 17.3 Å². The van der Waals surface area contributed by atoms with Crippen LogP contribution < -0.4 is 11.1 Å². The number of para-hydroxylation sites is 1. The molecule has 0 fully saturated rings. The number of anilines is 2. The Bertz CT molecular complexity index is 695. The summed E-state index contributed by atoms with van der Waals surface area (Å²) in [5.41, 5.74) is 7.06. The SMILES string of the molecule is CCSc1nc(N)c(C(=O)Nc2ccccc2)cc1C#N. The third kappa shape index (κ3) is 3.52. The number of amides is 1. The van der Waals surface area contributed by atoms with Crippen molar-refractivity contribution in [2.45, 2.75) is 11.9 Å². The molecular formula is C15H14N4OS. The maximum absolute atomic E-state index is 12.2. The third-order valence-electron chi connectivity index (χ3n) is 2.69. The van der Waals surface area contributed by atoms with Crippen LogP contribution in [0.25, 0.3) is 0 Å². The van der Waals surface area contributed by atoms with Crippen molar-refractivity contribution in [3.05, 3.63) is 47.5 Å². The molecular weight excluding hydrogens is 284 g/mol. The molecule has 5 nitrogen and oxygen atoms in total. The number of carbonyl (C=O) groups excluding carboxylic acids is 1. The summed E-state index contributed by atoms with van der Waals surface area (Å²) < 4.78 is 0. The number of rotatable bonds is 4. The van der Waals surface area contributed by atoms with Crippen LogP contribution in [0, 0.1) is 11.3 Å². The van der Waals surface area contributed by atoms with Gasteiger partial charge in [0, 0.05) is 5.69 Å². The number of nitrogens with one attached hydrogen (secondary N) is 1. The normalized spacial score (nSPS) is 9.90. The second-order valence-electron chi connectivity index (χ2n) is 4.14. The zero-order valence-corrected chi connectivity index (χ0v) is 12.3. The maximum Gasteiger partial charge on any atom is 0.259 e. The predicted octanol–water partition coefficient (Wildman–Crippen LogP) is 2.90.